The Labute approximate surface area is 157 Å². The smallest absolute Gasteiger partial charge is 0.254 e. The number of piperidine rings is 1. The summed E-state index contributed by atoms with van der Waals surface area (Å²) >= 11 is 6.10. The van der Waals surface area contributed by atoms with Crippen LogP contribution >= 0.6 is 11.6 Å². The maximum atomic E-state index is 13.0. The molecule has 0 unspecified atom stereocenters. The Morgan fingerprint density at radius 2 is 2.04 bits per heavy atom. The number of halogens is 1. The molecule has 4 rings (SSSR count). The number of nitrogens with zero attached hydrogens (tertiary/aromatic N) is 5. The van der Waals surface area contributed by atoms with E-state index in [1.807, 2.05) is 23.9 Å². The molecule has 1 saturated carbocycles. The molecule has 1 aliphatic heterocycles. The quantitative estimate of drug-likeness (QED) is 0.764. The molecule has 1 saturated heterocycles. The van der Waals surface area contributed by atoms with E-state index in [1.165, 1.54) is 0 Å². The number of carbonyl (C=O) groups excluding carboxylic acids is 1. The molecule has 0 N–H and O–H groups in total. The molecular formula is C18H22ClN5O2. The molecule has 8 heteroatoms. The van der Waals surface area contributed by atoms with E-state index < -0.39 is 0 Å². The van der Waals surface area contributed by atoms with Gasteiger partial charge in [-0.15, -0.1) is 0 Å². The second-order valence-corrected chi connectivity index (χ2v) is 7.67. The van der Waals surface area contributed by atoms with Gasteiger partial charge < -0.3 is 14.3 Å². The van der Waals surface area contributed by atoms with E-state index >= 15 is 0 Å². The predicted octanol–water partition coefficient (Wildman–Crippen LogP) is 3.08. The van der Waals surface area contributed by atoms with Crippen molar-refractivity contribution in [1.82, 2.24) is 20.0 Å². The highest BCUT2D eigenvalue weighted by Gasteiger charge is 2.33. The summed E-state index contributed by atoms with van der Waals surface area (Å²) in [5.41, 5.74) is 0.557. The number of likely N-dealkylation sites (tertiary alicyclic amines) is 1. The van der Waals surface area contributed by atoms with Crippen LogP contribution in [0.3, 0.4) is 0 Å². The lowest BCUT2D eigenvalue weighted by molar-refractivity contribution is 0.0703. The number of amides is 1. The summed E-state index contributed by atoms with van der Waals surface area (Å²) < 4.78 is 5.38. The van der Waals surface area contributed by atoms with Gasteiger partial charge in [-0.05, 0) is 37.8 Å². The topological polar surface area (TPSA) is 75.4 Å². The fourth-order valence-corrected chi connectivity index (χ4v) is 3.50. The highest BCUT2D eigenvalue weighted by molar-refractivity contribution is 6.29. The average molecular weight is 376 g/mol. The van der Waals surface area contributed by atoms with Crippen LogP contribution in [-0.2, 0) is 0 Å². The van der Waals surface area contributed by atoms with Gasteiger partial charge in [0.25, 0.3) is 5.91 Å². The molecule has 138 valence electrons. The molecule has 0 radical (unpaired) electrons. The molecule has 0 bridgehead atoms. The van der Waals surface area contributed by atoms with Gasteiger partial charge in [0.15, 0.2) is 5.82 Å². The molecular weight excluding hydrogens is 354 g/mol. The molecule has 3 heterocycles. The van der Waals surface area contributed by atoms with Crippen LogP contribution in [0.4, 0.5) is 5.82 Å². The number of rotatable bonds is 4. The minimum Gasteiger partial charge on any atom is -0.363 e. The van der Waals surface area contributed by atoms with E-state index in [9.17, 15) is 4.79 Å². The molecule has 1 atom stereocenters. The van der Waals surface area contributed by atoms with Gasteiger partial charge in [0.2, 0.25) is 5.89 Å². The first-order chi connectivity index (χ1) is 12.5. The van der Waals surface area contributed by atoms with E-state index in [0.717, 1.165) is 43.9 Å². The lowest BCUT2D eigenvalue weighted by Crippen LogP contribution is -2.39. The Bertz CT molecular complexity index is 818. The van der Waals surface area contributed by atoms with Crippen LogP contribution in [-0.4, -0.2) is 53.1 Å². The van der Waals surface area contributed by atoms with Gasteiger partial charge >= 0.3 is 0 Å². The highest BCUT2D eigenvalue weighted by Crippen LogP contribution is 2.39. The SMILES string of the molecule is CN(C)c1cc(C(=O)N2CCC[C@H](c3noc(C4CC4)n3)C2)cc(Cl)n1. The summed E-state index contributed by atoms with van der Waals surface area (Å²) in [6, 6.07) is 3.40. The van der Waals surface area contributed by atoms with Gasteiger partial charge in [0.1, 0.15) is 11.0 Å². The maximum Gasteiger partial charge on any atom is 0.254 e. The van der Waals surface area contributed by atoms with Crippen molar-refractivity contribution < 1.29 is 9.32 Å². The summed E-state index contributed by atoms with van der Waals surface area (Å²) in [7, 11) is 3.75. The van der Waals surface area contributed by atoms with Crippen molar-refractivity contribution in [3.63, 3.8) is 0 Å². The third-order valence-electron chi connectivity index (χ3n) is 4.94. The number of pyridine rings is 1. The van der Waals surface area contributed by atoms with E-state index in [4.69, 9.17) is 16.1 Å². The first-order valence-corrected chi connectivity index (χ1v) is 9.36. The average Bonchev–Trinajstić information content (AvgIpc) is 3.37. The van der Waals surface area contributed by atoms with E-state index in [-0.39, 0.29) is 11.8 Å². The Morgan fingerprint density at radius 3 is 2.77 bits per heavy atom. The zero-order valence-electron chi connectivity index (χ0n) is 15.0. The Hall–Kier alpha value is -2.15. The van der Waals surface area contributed by atoms with Gasteiger partial charge in [0, 0.05) is 44.6 Å². The second kappa shape index (κ2) is 6.87. The van der Waals surface area contributed by atoms with E-state index in [2.05, 4.69) is 15.1 Å². The summed E-state index contributed by atoms with van der Waals surface area (Å²) in [6.07, 6.45) is 4.15. The lowest BCUT2D eigenvalue weighted by Gasteiger charge is -2.31. The van der Waals surface area contributed by atoms with Crippen LogP contribution < -0.4 is 4.90 Å². The van der Waals surface area contributed by atoms with Crippen LogP contribution in [0.15, 0.2) is 16.7 Å². The first-order valence-electron chi connectivity index (χ1n) is 8.99. The molecule has 26 heavy (non-hydrogen) atoms. The zero-order valence-corrected chi connectivity index (χ0v) is 15.7. The number of hydrogen-bond donors (Lipinski definition) is 0. The van der Waals surface area contributed by atoms with Crippen molar-refractivity contribution in [1.29, 1.82) is 0 Å². The van der Waals surface area contributed by atoms with Crippen LogP contribution in [0.25, 0.3) is 0 Å². The highest BCUT2D eigenvalue weighted by atomic mass is 35.5. The third kappa shape index (κ3) is 3.53. The Morgan fingerprint density at radius 1 is 1.23 bits per heavy atom. The molecule has 0 spiro atoms. The van der Waals surface area contributed by atoms with Crippen molar-refractivity contribution in [3.05, 3.63) is 34.6 Å². The number of aromatic nitrogens is 3. The van der Waals surface area contributed by atoms with Gasteiger partial charge in [0.05, 0.1) is 0 Å². The number of hydrogen-bond acceptors (Lipinski definition) is 6. The minimum absolute atomic E-state index is 0.0342. The number of anilines is 1. The fraction of sp³-hybridized carbons (Fsp3) is 0.556. The normalized spacial score (nSPS) is 20.3. The maximum absolute atomic E-state index is 13.0. The first kappa shape index (κ1) is 17.3. The van der Waals surface area contributed by atoms with E-state index in [1.54, 1.807) is 12.1 Å². The standard InChI is InChI=1S/C18H22ClN5O2/c1-23(2)15-9-13(8-14(19)20-15)18(25)24-7-3-4-12(10-24)16-21-17(26-22-16)11-5-6-11/h8-9,11-12H,3-7,10H2,1-2H3/t12-/m0/s1. The van der Waals surface area contributed by atoms with Crippen molar-refractivity contribution in [2.45, 2.75) is 37.5 Å². The summed E-state index contributed by atoms with van der Waals surface area (Å²) in [5, 5.41) is 4.48. The molecule has 1 amide bonds. The second-order valence-electron chi connectivity index (χ2n) is 7.29. The summed E-state index contributed by atoms with van der Waals surface area (Å²) in [5.74, 6) is 2.68. The van der Waals surface area contributed by atoms with Crippen LogP contribution in [0.5, 0.6) is 0 Å². The molecule has 1 aliphatic carbocycles. The van der Waals surface area contributed by atoms with Crippen LogP contribution in [0, 0.1) is 0 Å². The van der Waals surface area contributed by atoms with Crippen molar-refractivity contribution >= 4 is 23.3 Å². The van der Waals surface area contributed by atoms with Crippen LogP contribution in [0.1, 0.15) is 59.6 Å². The summed E-state index contributed by atoms with van der Waals surface area (Å²) in [4.78, 5) is 25.5. The fourth-order valence-electron chi connectivity index (χ4n) is 3.30. The molecule has 2 aromatic heterocycles. The molecule has 2 fully saturated rings. The van der Waals surface area contributed by atoms with Gasteiger partial charge in [-0.3, -0.25) is 4.79 Å². The van der Waals surface area contributed by atoms with Gasteiger partial charge in [-0.2, -0.15) is 4.98 Å². The molecule has 2 aliphatic rings. The van der Waals surface area contributed by atoms with Gasteiger partial charge in [-0.25, -0.2) is 4.98 Å². The molecule has 7 nitrogen and oxygen atoms in total. The molecule has 0 aromatic carbocycles. The zero-order chi connectivity index (χ0) is 18.3. The Balaban J connectivity index is 1.50. The lowest BCUT2D eigenvalue weighted by atomic mass is 9.96. The number of carbonyl (C=O) groups is 1. The van der Waals surface area contributed by atoms with Crippen molar-refractivity contribution in [2.75, 3.05) is 32.1 Å². The van der Waals surface area contributed by atoms with E-state index in [0.29, 0.717) is 29.0 Å². The van der Waals surface area contributed by atoms with Crippen molar-refractivity contribution in [3.8, 4) is 0 Å². The monoisotopic (exact) mass is 375 g/mol. The van der Waals surface area contributed by atoms with Crippen LogP contribution in [0.2, 0.25) is 5.15 Å². The van der Waals surface area contributed by atoms with Crippen molar-refractivity contribution in [2.24, 2.45) is 0 Å². The van der Waals surface area contributed by atoms with Gasteiger partial charge in [-0.1, -0.05) is 16.8 Å². The molecule has 2 aromatic rings. The summed E-state index contributed by atoms with van der Waals surface area (Å²) in [6.45, 7) is 1.32. The Kier molecular flexibility index (Phi) is 4.56. The largest absolute Gasteiger partial charge is 0.363 e. The minimum atomic E-state index is -0.0342. The third-order valence-corrected chi connectivity index (χ3v) is 5.14. The predicted molar refractivity (Wildman–Crippen MR) is 97.7 cm³/mol.